The molecule has 0 N–H and O–H groups in total. The molecule has 5 nitrogen and oxygen atoms in total. The number of fused-ring (bicyclic) bond motifs is 1. The summed E-state index contributed by atoms with van der Waals surface area (Å²) in [5.74, 6) is -0.250. The summed E-state index contributed by atoms with van der Waals surface area (Å²) in [6.07, 6.45) is 1.11. The fourth-order valence-electron chi connectivity index (χ4n) is 4.80. The third kappa shape index (κ3) is 3.92. The van der Waals surface area contributed by atoms with Gasteiger partial charge in [0.25, 0.3) is 0 Å². The lowest BCUT2D eigenvalue weighted by molar-refractivity contribution is -0.136. The molecule has 1 heterocycles. The summed E-state index contributed by atoms with van der Waals surface area (Å²) in [6, 6.07) is 15.9. The van der Waals surface area contributed by atoms with E-state index in [4.69, 9.17) is 14.5 Å². The molecule has 5 heteroatoms. The second-order valence-electron chi connectivity index (χ2n) is 8.30. The molecule has 1 aliphatic heterocycles. The molecule has 2 aromatic carbocycles. The second kappa shape index (κ2) is 8.50. The highest BCUT2D eigenvalue weighted by atomic mass is 16.5. The van der Waals surface area contributed by atoms with Crippen molar-refractivity contribution in [3.8, 4) is 5.75 Å². The number of methoxy groups -OCH3 is 2. The Balaban J connectivity index is 1.75. The highest BCUT2D eigenvalue weighted by molar-refractivity contribution is 6.12. The van der Waals surface area contributed by atoms with Crippen molar-refractivity contribution in [3.63, 3.8) is 0 Å². The number of hydrogen-bond donors (Lipinski definition) is 0. The van der Waals surface area contributed by atoms with Crippen molar-refractivity contribution < 1.29 is 19.1 Å². The van der Waals surface area contributed by atoms with E-state index in [0.29, 0.717) is 24.1 Å². The quantitative estimate of drug-likeness (QED) is 0.674. The molecular formula is C26H27NO4. The first-order valence-electron chi connectivity index (χ1n) is 10.5. The number of rotatable bonds is 4. The van der Waals surface area contributed by atoms with Crippen LogP contribution in [0.25, 0.3) is 0 Å². The van der Waals surface area contributed by atoms with Gasteiger partial charge in [-0.2, -0.15) is 0 Å². The number of ketones is 1. The molecule has 0 saturated heterocycles. The Labute approximate surface area is 182 Å². The second-order valence-corrected chi connectivity index (χ2v) is 8.30. The number of benzene rings is 2. The summed E-state index contributed by atoms with van der Waals surface area (Å²) in [7, 11) is 3.01. The summed E-state index contributed by atoms with van der Waals surface area (Å²) in [6.45, 7) is 3.85. The van der Waals surface area contributed by atoms with Gasteiger partial charge in [-0.15, -0.1) is 0 Å². The lowest BCUT2D eigenvalue weighted by atomic mass is 9.66. The highest BCUT2D eigenvalue weighted by Gasteiger charge is 2.45. The normalized spacial score (nSPS) is 23.2. The third-order valence-electron chi connectivity index (χ3n) is 6.38. The number of carbonyl (C=O) groups excluding carboxylic acids is 2. The molecule has 3 atom stereocenters. The van der Waals surface area contributed by atoms with Crippen molar-refractivity contribution in [1.82, 2.24) is 0 Å². The van der Waals surface area contributed by atoms with Crippen LogP contribution >= 0.6 is 0 Å². The third-order valence-corrected chi connectivity index (χ3v) is 6.38. The van der Waals surface area contributed by atoms with E-state index < -0.39 is 11.9 Å². The Hall–Kier alpha value is -3.21. The zero-order valence-corrected chi connectivity index (χ0v) is 18.3. The van der Waals surface area contributed by atoms with Crippen LogP contribution in [0.3, 0.4) is 0 Å². The molecule has 0 bridgehead atoms. The van der Waals surface area contributed by atoms with E-state index in [2.05, 4.69) is 0 Å². The molecule has 160 valence electrons. The molecule has 1 unspecified atom stereocenters. The number of carbonyl (C=O) groups is 2. The molecule has 0 aromatic heterocycles. The Kier molecular flexibility index (Phi) is 5.77. The van der Waals surface area contributed by atoms with Crippen LogP contribution in [0.4, 0.5) is 0 Å². The Morgan fingerprint density at radius 1 is 0.903 bits per heavy atom. The average Bonchev–Trinajstić information content (AvgIpc) is 2.78. The van der Waals surface area contributed by atoms with Crippen LogP contribution in [-0.2, 0) is 14.3 Å². The van der Waals surface area contributed by atoms with Gasteiger partial charge < -0.3 is 9.47 Å². The maximum atomic E-state index is 13.5. The van der Waals surface area contributed by atoms with Crippen LogP contribution in [0.5, 0.6) is 5.75 Å². The lowest BCUT2D eigenvalue weighted by Gasteiger charge is -2.38. The molecular weight excluding hydrogens is 390 g/mol. The summed E-state index contributed by atoms with van der Waals surface area (Å²) in [5, 5.41) is 0. The first-order chi connectivity index (χ1) is 14.9. The van der Waals surface area contributed by atoms with Crippen LogP contribution in [0.1, 0.15) is 48.3 Å². The summed E-state index contributed by atoms with van der Waals surface area (Å²) in [4.78, 5) is 30.9. The van der Waals surface area contributed by atoms with Gasteiger partial charge in [0.1, 0.15) is 11.5 Å². The van der Waals surface area contributed by atoms with Crippen LogP contribution < -0.4 is 4.74 Å². The zero-order chi connectivity index (χ0) is 22.1. The molecule has 1 fully saturated rings. The molecule has 31 heavy (non-hydrogen) atoms. The molecule has 2 aliphatic rings. The molecule has 1 aliphatic carbocycles. The van der Waals surface area contributed by atoms with Gasteiger partial charge in [0.15, 0.2) is 0 Å². The average molecular weight is 418 g/mol. The SMILES string of the molecule is COC(=O)C1=C(C)N=C2C[C@H](c3ccc(OC)cc3)CC(=O)C2[C@H]1c1ccc(C)cc1. The van der Waals surface area contributed by atoms with Gasteiger partial charge in [-0.1, -0.05) is 42.0 Å². The fraction of sp³-hybridized carbons (Fsp3) is 0.346. The smallest absolute Gasteiger partial charge is 0.336 e. The number of ether oxygens (including phenoxy) is 2. The van der Waals surface area contributed by atoms with Crippen molar-refractivity contribution in [1.29, 1.82) is 0 Å². The number of hydrogen-bond acceptors (Lipinski definition) is 5. The first-order valence-corrected chi connectivity index (χ1v) is 10.5. The van der Waals surface area contributed by atoms with Crippen molar-refractivity contribution >= 4 is 17.5 Å². The molecule has 0 radical (unpaired) electrons. The minimum Gasteiger partial charge on any atom is -0.497 e. The van der Waals surface area contributed by atoms with Crippen molar-refractivity contribution in [2.45, 2.75) is 38.5 Å². The predicted molar refractivity (Wildman–Crippen MR) is 120 cm³/mol. The van der Waals surface area contributed by atoms with E-state index in [0.717, 1.165) is 28.2 Å². The summed E-state index contributed by atoms with van der Waals surface area (Å²) >= 11 is 0. The molecule has 4 rings (SSSR count). The molecule has 0 spiro atoms. The van der Waals surface area contributed by atoms with Crippen molar-refractivity contribution in [3.05, 3.63) is 76.5 Å². The van der Waals surface area contributed by atoms with E-state index >= 15 is 0 Å². The lowest BCUT2D eigenvalue weighted by Crippen LogP contribution is -2.41. The zero-order valence-electron chi connectivity index (χ0n) is 18.3. The maximum Gasteiger partial charge on any atom is 0.336 e. The largest absolute Gasteiger partial charge is 0.497 e. The van der Waals surface area contributed by atoms with E-state index in [1.807, 2.05) is 62.4 Å². The van der Waals surface area contributed by atoms with Crippen LogP contribution in [0.2, 0.25) is 0 Å². The van der Waals surface area contributed by atoms with Crippen molar-refractivity contribution in [2.24, 2.45) is 10.9 Å². The van der Waals surface area contributed by atoms with E-state index in [1.165, 1.54) is 7.11 Å². The van der Waals surface area contributed by atoms with Gasteiger partial charge in [0.2, 0.25) is 0 Å². The highest BCUT2D eigenvalue weighted by Crippen LogP contribution is 2.46. The number of allylic oxidation sites excluding steroid dienone is 1. The van der Waals surface area contributed by atoms with Gasteiger partial charge in [0.05, 0.1) is 25.7 Å². The monoisotopic (exact) mass is 417 g/mol. The van der Waals surface area contributed by atoms with E-state index in [1.54, 1.807) is 7.11 Å². The number of aryl methyl sites for hydroxylation is 1. The minimum absolute atomic E-state index is 0.0690. The molecule has 1 saturated carbocycles. The Morgan fingerprint density at radius 2 is 1.55 bits per heavy atom. The van der Waals surface area contributed by atoms with Crippen molar-refractivity contribution in [2.75, 3.05) is 14.2 Å². The topological polar surface area (TPSA) is 65.0 Å². The number of Topliss-reactive ketones (excluding diaryl/α,β-unsaturated/α-hetero) is 1. The predicted octanol–water partition coefficient (Wildman–Crippen LogP) is 4.75. The number of nitrogens with zero attached hydrogens (tertiary/aromatic N) is 1. The first kappa shape index (κ1) is 21.0. The van der Waals surface area contributed by atoms with Gasteiger partial charge in [0, 0.05) is 23.7 Å². The summed E-state index contributed by atoms with van der Waals surface area (Å²) in [5.41, 5.74) is 5.14. The Morgan fingerprint density at radius 3 is 2.16 bits per heavy atom. The Bertz CT molecular complexity index is 1060. The minimum atomic E-state index is -0.435. The number of esters is 1. The standard InChI is InChI=1S/C26H27NO4/c1-15-5-7-18(8-6-15)24-23(26(29)31-4)16(2)27-21-13-19(14-22(28)25(21)24)17-9-11-20(30-3)12-10-17/h5-12,19,24-25H,13-14H2,1-4H3/t19-,24-,25?/m0/s1. The van der Waals surface area contributed by atoms with Gasteiger partial charge in [-0.25, -0.2) is 4.79 Å². The number of aliphatic imine (C=N–C) groups is 1. The molecule has 0 amide bonds. The van der Waals surface area contributed by atoms with Gasteiger partial charge in [-0.05, 0) is 49.4 Å². The van der Waals surface area contributed by atoms with E-state index in [9.17, 15) is 9.59 Å². The van der Waals surface area contributed by atoms with Crippen LogP contribution in [-0.4, -0.2) is 31.7 Å². The van der Waals surface area contributed by atoms with Gasteiger partial charge >= 0.3 is 5.97 Å². The van der Waals surface area contributed by atoms with Crippen LogP contribution in [0, 0.1) is 12.8 Å². The van der Waals surface area contributed by atoms with E-state index in [-0.39, 0.29) is 17.6 Å². The maximum absolute atomic E-state index is 13.5. The molecule has 2 aromatic rings. The van der Waals surface area contributed by atoms with Gasteiger partial charge in [-0.3, -0.25) is 9.79 Å². The van der Waals surface area contributed by atoms with Crippen LogP contribution in [0.15, 0.2) is 64.8 Å². The summed E-state index contributed by atoms with van der Waals surface area (Å²) < 4.78 is 10.3. The fourth-order valence-corrected chi connectivity index (χ4v) is 4.80.